The highest BCUT2D eigenvalue weighted by Crippen LogP contribution is 2.34. The summed E-state index contributed by atoms with van der Waals surface area (Å²) < 4.78 is 48.2. The summed E-state index contributed by atoms with van der Waals surface area (Å²) in [4.78, 5) is 19.0. The van der Waals surface area contributed by atoms with Crippen molar-refractivity contribution >= 4 is 26.9 Å². The molecular weight excluding hydrogens is 441 g/mol. The van der Waals surface area contributed by atoms with Crippen molar-refractivity contribution in [1.29, 1.82) is 0 Å². The number of rotatable bonds is 7. The molecule has 4 rings (SSSR count). The van der Waals surface area contributed by atoms with Crippen molar-refractivity contribution in [3.63, 3.8) is 0 Å². The number of carboxylic acids is 1. The van der Waals surface area contributed by atoms with Gasteiger partial charge in [0.25, 0.3) is 0 Å². The molecule has 1 fully saturated rings. The molecule has 1 N–H and O–H groups in total. The maximum Gasteiger partial charge on any atom is 0.316 e. The lowest BCUT2D eigenvalue weighted by molar-refractivity contribution is -0.136. The Kier molecular flexibility index (Phi) is 5.82. The maximum atomic E-state index is 14.0. The van der Waals surface area contributed by atoms with Crippen LogP contribution >= 0.6 is 0 Å². The van der Waals surface area contributed by atoms with Crippen LogP contribution in [0.3, 0.4) is 0 Å². The molecule has 0 bridgehead atoms. The number of aromatic nitrogens is 4. The summed E-state index contributed by atoms with van der Waals surface area (Å²) in [7, 11) is -3.87. The van der Waals surface area contributed by atoms with E-state index < -0.39 is 27.9 Å². The van der Waals surface area contributed by atoms with Gasteiger partial charge in [0.2, 0.25) is 10.0 Å². The Morgan fingerprint density at radius 2 is 2.00 bits per heavy atom. The van der Waals surface area contributed by atoms with E-state index >= 15 is 0 Å². The standard InChI is InChI=1S/C20H22FN5O5S/c1-3-31-20-22-8-14(9-23-20)32(29,30)25-10-12(2)18(11-25)26-17-6-13(21)4-5-15(17)16(24-26)7-19(27)28/h4-6,8-9,12,18H,3,7,10-11H2,1-2H3,(H,27,28)/t12-,18+/m1/s1. The molecule has 3 heterocycles. The lowest BCUT2D eigenvalue weighted by Gasteiger charge is -2.17. The molecule has 10 nitrogen and oxygen atoms in total. The van der Waals surface area contributed by atoms with Crippen LogP contribution < -0.4 is 4.74 Å². The molecule has 0 amide bonds. The summed E-state index contributed by atoms with van der Waals surface area (Å²) in [6.07, 6.45) is 2.09. The van der Waals surface area contributed by atoms with Gasteiger partial charge in [-0.1, -0.05) is 6.92 Å². The predicted molar refractivity (Wildman–Crippen MR) is 111 cm³/mol. The van der Waals surface area contributed by atoms with E-state index in [2.05, 4.69) is 15.1 Å². The molecule has 0 saturated carbocycles. The number of hydrogen-bond donors (Lipinski definition) is 1. The van der Waals surface area contributed by atoms with E-state index in [1.54, 1.807) is 11.6 Å². The van der Waals surface area contributed by atoms with Gasteiger partial charge in [-0.15, -0.1) is 0 Å². The third-order valence-electron chi connectivity index (χ3n) is 5.43. The number of benzene rings is 1. The third kappa shape index (κ3) is 4.02. The van der Waals surface area contributed by atoms with Crippen molar-refractivity contribution in [2.75, 3.05) is 19.7 Å². The summed E-state index contributed by atoms with van der Waals surface area (Å²) in [5, 5.41) is 14.2. The number of aliphatic carboxylic acids is 1. The fourth-order valence-electron chi connectivity index (χ4n) is 3.91. The number of nitrogens with zero attached hydrogens (tertiary/aromatic N) is 5. The number of halogens is 1. The Morgan fingerprint density at radius 1 is 1.28 bits per heavy atom. The van der Waals surface area contributed by atoms with Gasteiger partial charge in [0.05, 0.1) is 42.7 Å². The molecule has 2 aromatic heterocycles. The van der Waals surface area contributed by atoms with Gasteiger partial charge in [-0.2, -0.15) is 9.40 Å². The van der Waals surface area contributed by atoms with Crippen molar-refractivity contribution in [3.05, 3.63) is 42.1 Å². The molecule has 1 aliphatic rings. The van der Waals surface area contributed by atoms with Crippen LogP contribution in [0, 0.1) is 11.7 Å². The fraction of sp³-hybridized carbons (Fsp3) is 0.400. The number of ether oxygens (including phenoxy) is 1. The second-order valence-electron chi connectivity index (χ2n) is 7.62. The average Bonchev–Trinajstić information content (AvgIpc) is 3.29. The second-order valence-corrected chi connectivity index (χ2v) is 9.56. The van der Waals surface area contributed by atoms with Crippen molar-refractivity contribution < 1.29 is 27.4 Å². The van der Waals surface area contributed by atoms with Crippen LogP contribution in [0.15, 0.2) is 35.5 Å². The SMILES string of the molecule is CCOc1ncc(S(=O)(=O)N2C[C@@H](C)[C@@H](n3nc(CC(=O)O)c4ccc(F)cc43)C2)cn1. The molecule has 170 valence electrons. The quantitative estimate of drug-likeness (QED) is 0.563. The summed E-state index contributed by atoms with van der Waals surface area (Å²) >= 11 is 0. The number of sulfonamides is 1. The van der Waals surface area contributed by atoms with Crippen molar-refractivity contribution in [1.82, 2.24) is 24.1 Å². The minimum Gasteiger partial charge on any atom is -0.481 e. The van der Waals surface area contributed by atoms with Crippen molar-refractivity contribution in [2.24, 2.45) is 5.92 Å². The topological polar surface area (TPSA) is 128 Å². The molecule has 0 aliphatic carbocycles. The van der Waals surface area contributed by atoms with E-state index in [0.29, 0.717) is 23.2 Å². The molecule has 0 unspecified atom stereocenters. The summed E-state index contributed by atoms with van der Waals surface area (Å²) in [5.41, 5.74) is 0.739. The van der Waals surface area contributed by atoms with Gasteiger partial charge in [0.1, 0.15) is 10.7 Å². The molecule has 3 aromatic rings. The van der Waals surface area contributed by atoms with Crippen LogP contribution in [-0.2, 0) is 21.2 Å². The highest BCUT2D eigenvalue weighted by molar-refractivity contribution is 7.89. The zero-order valence-electron chi connectivity index (χ0n) is 17.5. The van der Waals surface area contributed by atoms with E-state index in [4.69, 9.17) is 4.74 Å². The van der Waals surface area contributed by atoms with Gasteiger partial charge in [0, 0.05) is 18.5 Å². The summed E-state index contributed by atoms with van der Waals surface area (Å²) in [6, 6.07) is 3.73. The van der Waals surface area contributed by atoms with Crippen molar-refractivity contribution in [3.8, 4) is 6.01 Å². The average molecular weight is 463 g/mol. The molecular formula is C20H22FN5O5S. The Morgan fingerprint density at radius 3 is 2.66 bits per heavy atom. The third-order valence-corrected chi connectivity index (χ3v) is 7.22. The van der Waals surface area contributed by atoms with Gasteiger partial charge in [-0.3, -0.25) is 9.48 Å². The van der Waals surface area contributed by atoms with Gasteiger partial charge < -0.3 is 9.84 Å². The van der Waals surface area contributed by atoms with Crippen LogP contribution in [0.5, 0.6) is 6.01 Å². The molecule has 2 atom stereocenters. The zero-order valence-corrected chi connectivity index (χ0v) is 18.3. The smallest absolute Gasteiger partial charge is 0.316 e. The molecule has 12 heteroatoms. The predicted octanol–water partition coefficient (Wildman–Crippen LogP) is 1.87. The Labute approximate surface area is 183 Å². The molecule has 1 aliphatic heterocycles. The molecule has 1 aromatic carbocycles. The van der Waals surface area contributed by atoms with Gasteiger partial charge >= 0.3 is 12.0 Å². The maximum absolute atomic E-state index is 14.0. The van der Waals surface area contributed by atoms with Crippen LogP contribution in [-0.4, -0.2) is 63.2 Å². The van der Waals surface area contributed by atoms with E-state index in [0.717, 1.165) is 0 Å². The van der Waals surface area contributed by atoms with Crippen LogP contribution in [0.4, 0.5) is 4.39 Å². The van der Waals surface area contributed by atoms with Gasteiger partial charge in [0.15, 0.2) is 0 Å². The second kappa shape index (κ2) is 8.43. The summed E-state index contributed by atoms with van der Waals surface area (Å²) in [5.74, 6) is -1.69. The molecule has 32 heavy (non-hydrogen) atoms. The van der Waals surface area contributed by atoms with E-state index in [1.165, 1.54) is 34.9 Å². The largest absolute Gasteiger partial charge is 0.481 e. The minimum atomic E-state index is -3.87. The molecule has 0 radical (unpaired) electrons. The van der Waals surface area contributed by atoms with Gasteiger partial charge in [-0.05, 0) is 31.0 Å². The van der Waals surface area contributed by atoms with E-state index in [9.17, 15) is 22.7 Å². The summed E-state index contributed by atoms with van der Waals surface area (Å²) in [6.45, 7) is 4.31. The number of fused-ring (bicyclic) bond motifs is 1. The van der Waals surface area contributed by atoms with Crippen LogP contribution in [0.2, 0.25) is 0 Å². The first-order valence-electron chi connectivity index (χ1n) is 10.0. The molecule has 0 spiro atoms. The first kappa shape index (κ1) is 22.1. The lowest BCUT2D eigenvalue weighted by Crippen LogP contribution is -2.29. The number of carbonyl (C=O) groups is 1. The lowest BCUT2D eigenvalue weighted by atomic mass is 10.1. The fourth-order valence-corrected chi connectivity index (χ4v) is 5.36. The highest BCUT2D eigenvalue weighted by atomic mass is 32.2. The number of hydrogen-bond acceptors (Lipinski definition) is 7. The van der Waals surface area contributed by atoms with Gasteiger partial charge in [-0.25, -0.2) is 22.8 Å². The van der Waals surface area contributed by atoms with Crippen molar-refractivity contribution in [2.45, 2.75) is 31.2 Å². The van der Waals surface area contributed by atoms with E-state index in [1.807, 2.05) is 6.92 Å². The Balaban J connectivity index is 1.66. The monoisotopic (exact) mass is 463 g/mol. The van der Waals surface area contributed by atoms with Crippen LogP contribution in [0.1, 0.15) is 25.6 Å². The zero-order chi connectivity index (χ0) is 23.0. The van der Waals surface area contributed by atoms with Crippen LogP contribution in [0.25, 0.3) is 10.9 Å². The Hall–Kier alpha value is -3.12. The molecule has 1 saturated heterocycles. The number of carboxylic acid groups (broad SMARTS) is 1. The minimum absolute atomic E-state index is 0.0586. The highest BCUT2D eigenvalue weighted by Gasteiger charge is 2.39. The Bertz CT molecular complexity index is 1260. The van der Waals surface area contributed by atoms with E-state index in [-0.39, 0.29) is 36.3 Å². The first-order valence-corrected chi connectivity index (χ1v) is 11.5. The normalized spacial score (nSPS) is 19.5. The first-order chi connectivity index (χ1) is 15.2.